The number of carbonyl (C=O) groups excluding carboxylic acids is 1. The van der Waals surface area contributed by atoms with Crippen molar-refractivity contribution in [1.82, 2.24) is 14.4 Å². The minimum absolute atomic E-state index is 0.219. The van der Waals surface area contributed by atoms with Crippen LogP contribution < -0.4 is 15.8 Å². The molecule has 1 fully saturated rings. The summed E-state index contributed by atoms with van der Waals surface area (Å²) >= 11 is 3.29. The molecule has 1 aliphatic heterocycles. The summed E-state index contributed by atoms with van der Waals surface area (Å²) < 4.78 is 46.2. The number of hydrogen-bond acceptors (Lipinski definition) is 9. The lowest BCUT2D eigenvalue weighted by Gasteiger charge is -2.25. The minimum atomic E-state index is -2.84. The van der Waals surface area contributed by atoms with Gasteiger partial charge in [0.2, 0.25) is 0 Å². The number of benzene rings is 1. The third kappa shape index (κ3) is 6.51. The first-order chi connectivity index (χ1) is 17.4. The Hall–Kier alpha value is -2.48. The van der Waals surface area contributed by atoms with Gasteiger partial charge in [0.05, 0.1) is 11.9 Å². The van der Waals surface area contributed by atoms with E-state index in [-0.39, 0.29) is 5.75 Å². The summed E-state index contributed by atoms with van der Waals surface area (Å²) in [6.07, 6.45) is -3.72. The van der Waals surface area contributed by atoms with E-state index in [2.05, 4.69) is 15.9 Å². The highest BCUT2D eigenvalue weighted by Crippen LogP contribution is 2.42. The molecule has 0 radical (unpaired) electrons. The molecule has 37 heavy (non-hydrogen) atoms. The third-order valence-corrected chi connectivity index (χ3v) is 7.24. The van der Waals surface area contributed by atoms with E-state index in [1.165, 1.54) is 0 Å². The second-order valence-corrected chi connectivity index (χ2v) is 10.7. The second kappa shape index (κ2) is 11.9. The molecular weight excluding hydrogens is 580 g/mol. The van der Waals surface area contributed by atoms with Gasteiger partial charge in [-0.25, -0.2) is 13.7 Å². The number of H-pyrrole nitrogens is 1. The highest BCUT2D eigenvalue weighted by Gasteiger charge is 2.56. The number of nitrogens with one attached hydrogen (secondary N) is 1. The van der Waals surface area contributed by atoms with Crippen molar-refractivity contribution >= 4 is 30.1 Å². The molecule has 2 heterocycles. The van der Waals surface area contributed by atoms with Crippen LogP contribution in [0.25, 0.3) is 0 Å². The number of aromatic nitrogens is 2. The molecule has 0 aliphatic carbocycles. The first-order valence-electron chi connectivity index (χ1n) is 11.1. The van der Waals surface area contributed by atoms with E-state index in [4.69, 9.17) is 18.8 Å². The SMILES string of the molecule is COC(=O)C(C(C)C)N(OC[C@H]1O[C@@H](n2ccc(=O)[nH]c2=O)[C@](C)(F)[C@@H]1O)[P+](=O)Oc1ccc(Br)cc1. The number of aliphatic hydroxyl groups excluding tert-OH is 1. The Balaban J connectivity index is 1.85. The molecule has 6 atom stereocenters. The Morgan fingerprint density at radius 2 is 1.97 bits per heavy atom. The van der Waals surface area contributed by atoms with E-state index in [9.17, 15) is 24.1 Å². The lowest BCUT2D eigenvalue weighted by Crippen LogP contribution is -2.45. The number of rotatable bonds is 10. The molecular formula is C22H27BrFN3O9P+. The maximum absolute atomic E-state index is 15.5. The van der Waals surface area contributed by atoms with Crippen LogP contribution in [0.1, 0.15) is 27.0 Å². The number of hydroxylamine groups is 1. The molecule has 3 rings (SSSR count). The van der Waals surface area contributed by atoms with Gasteiger partial charge in [-0.2, -0.15) is 0 Å². The predicted octanol–water partition coefficient (Wildman–Crippen LogP) is 2.45. The van der Waals surface area contributed by atoms with Gasteiger partial charge in [-0.1, -0.05) is 29.8 Å². The Morgan fingerprint density at radius 1 is 1.32 bits per heavy atom. The molecule has 15 heteroatoms. The molecule has 1 saturated heterocycles. The molecule has 0 saturated carbocycles. The number of ether oxygens (including phenoxy) is 2. The smallest absolute Gasteiger partial charge is 0.468 e. The van der Waals surface area contributed by atoms with Crippen molar-refractivity contribution in [1.29, 1.82) is 0 Å². The summed E-state index contributed by atoms with van der Waals surface area (Å²) in [5, 5.41) is 10.6. The van der Waals surface area contributed by atoms with Gasteiger partial charge in [-0.05, 0) is 37.1 Å². The Bertz CT molecular complexity index is 1240. The van der Waals surface area contributed by atoms with Crippen molar-refractivity contribution in [2.45, 2.75) is 50.9 Å². The molecule has 2 aromatic rings. The largest absolute Gasteiger partial charge is 0.693 e. The molecule has 2 N–H and O–H groups in total. The number of esters is 1. The molecule has 2 unspecified atom stereocenters. The van der Waals surface area contributed by atoms with Crippen molar-refractivity contribution in [3.05, 3.63) is 61.8 Å². The maximum atomic E-state index is 15.5. The van der Waals surface area contributed by atoms with Crippen molar-refractivity contribution < 1.29 is 37.7 Å². The van der Waals surface area contributed by atoms with Crippen LogP contribution in [0, 0.1) is 5.92 Å². The van der Waals surface area contributed by atoms with E-state index in [1.807, 2.05) is 4.98 Å². The number of nitrogens with zero attached hydrogens (tertiary/aromatic N) is 2. The zero-order valence-corrected chi connectivity index (χ0v) is 22.8. The van der Waals surface area contributed by atoms with Gasteiger partial charge >= 0.3 is 19.8 Å². The van der Waals surface area contributed by atoms with Gasteiger partial charge in [-0.15, -0.1) is 0 Å². The lowest BCUT2D eigenvalue weighted by molar-refractivity contribution is -0.186. The quantitative estimate of drug-likeness (QED) is 0.234. The van der Waals surface area contributed by atoms with Gasteiger partial charge in [0, 0.05) is 21.3 Å². The highest BCUT2D eigenvalue weighted by atomic mass is 79.9. The zero-order chi connectivity index (χ0) is 27.5. The number of carbonyl (C=O) groups is 1. The van der Waals surface area contributed by atoms with Crippen LogP contribution in [0.5, 0.6) is 5.75 Å². The fraction of sp³-hybridized carbons (Fsp3) is 0.500. The number of methoxy groups -OCH3 is 1. The second-order valence-electron chi connectivity index (χ2n) is 8.73. The molecule has 12 nitrogen and oxygen atoms in total. The van der Waals surface area contributed by atoms with Crippen LogP contribution in [-0.2, 0) is 23.7 Å². The molecule has 0 bridgehead atoms. The Morgan fingerprint density at radius 3 is 2.54 bits per heavy atom. The highest BCUT2D eigenvalue weighted by molar-refractivity contribution is 9.10. The molecule has 0 amide bonds. The van der Waals surface area contributed by atoms with Gasteiger partial charge in [0.15, 0.2) is 23.7 Å². The molecule has 0 spiro atoms. The van der Waals surface area contributed by atoms with Crippen molar-refractivity contribution in [3.63, 3.8) is 0 Å². The molecule has 202 valence electrons. The van der Waals surface area contributed by atoms with Crippen LogP contribution >= 0.6 is 24.1 Å². The number of aromatic amines is 1. The number of alkyl halides is 1. The average molecular weight is 607 g/mol. The average Bonchev–Trinajstić information content (AvgIpc) is 3.05. The van der Waals surface area contributed by atoms with Crippen molar-refractivity contribution in [3.8, 4) is 5.75 Å². The topological polar surface area (TPSA) is 149 Å². The number of halogens is 2. The van der Waals surface area contributed by atoms with Gasteiger partial charge in [0.25, 0.3) is 5.56 Å². The Kier molecular flexibility index (Phi) is 9.37. The summed E-state index contributed by atoms with van der Waals surface area (Å²) in [4.78, 5) is 44.5. The van der Waals surface area contributed by atoms with E-state index in [1.54, 1.807) is 38.1 Å². The lowest BCUT2D eigenvalue weighted by atomic mass is 9.98. The minimum Gasteiger partial charge on any atom is -0.468 e. The Labute approximate surface area is 220 Å². The van der Waals surface area contributed by atoms with Gasteiger partial charge in [-0.3, -0.25) is 24.0 Å². The fourth-order valence-electron chi connectivity index (χ4n) is 3.71. The summed E-state index contributed by atoms with van der Waals surface area (Å²) in [5.74, 6) is -1.01. The van der Waals surface area contributed by atoms with Crippen LogP contribution in [-0.4, -0.2) is 63.1 Å². The first kappa shape index (κ1) is 29.1. The maximum Gasteiger partial charge on any atom is 0.693 e. The van der Waals surface area contributed by atoms with Gasteiger partial charge in [0.1, 0.15) is 18.8 Å². The fourth-order valence-corrected chi connectivity index (χ4v) is 5.08. The molecule has 1 aliphatic rings. The summed E-state index contributed by atoms with van der Waals surface area (Å²) in [6, 6.07) is 6.22. The summed E-state index contributed by atoms with van der Waals surface area (Å²) in [5.41, 5.74) is -4.10. The number of hydrogen-bond donors (Lipinski definition) is 2. The standard InChI is InChI=1S/C22H26BrFN3O9P/c1-12(2)17(19(30)33-4)27(37(32)36-14-7-5-13(23)6-8-14)34-11-15-18(29)22(3,24)20(35-15)26-10-9-16(28)25-21(26)31/h5-10,12,15,17-18,20,29H,11H2,1-4H3/p+1/t15-,17?,18-,20-,22-/m1/s1. The van der Waals surface area contributed by atoms with Gasteiger partial charge < -0.3 is 14.6 Å². The van der Waals surface area contributed by atoms with E-state index in [0.717, 1.165) is 40.2 Å². The molecule has 1 aromatic carbocycles. The van der Waals surface area contributed by atoms with Crippen molar-refractivity contribution in [2.75, 3.05) is 13.7 Å². The normalized spacial score (nSPS) is 24.8. The van der Waals surface area contributed by atoms with E-state index in [0.29, 0.717) is 0 Å². The monoisotopic (exact) mass is 606 g/mol. The number of aliphatic hydroxyl groups is 1. The van der Waals surface area contributed by atoms with Crippen LogP contribution in [0.3, 0.4) is 0 Å². The molecule has 1 aromatic heterocycles. The van der Waals surface area contributed by atoms with Crippen LogP contribution in [0.2, 0.25) is 0 Å². The predicted molar refractivity (Wildman–Crippen MR) is 132 cm³/mol. The third-order valence-electron chi connectivity index (χ3n) is 5.66. The first-order valence-corrected chi connectivity index (χ1v) is 13.0. The summed E-state index contributed by atoms with van der Waals surface area (Å²) in [7, 11) is -1.69. The van der Waals surface area contributed by atoms with Crippen molar-refractivity contribution in [2.24, 2.45) is 5.92 Å². The zero-order valence-electron chi connectivity index (χ0n) is 20.4. The van der Waals surface area contributed by atoms with Crippen LogP contribution in [0.15, 0.2) is 50.6 Å². The summed E-state index contributed by atoms with van der Waals surface area (Å²) in [6.45, 7) is 3.79. The van der Waals surface area contributed by atoms with Crippen LogP contribution in [0.4, 0.5) is 4.39 Å². The van der Waals surface area contributed by atoms with E-state index < -0.39 is 68.1 Å². The van der Waals surface area contributed by atoms with E-state index >= 15 is 4.39 Å².